The van der Waals surface area contributed by atoms with Crippen LogP contribution >= 0.6 is 0 Å². The summed E-state index contributed by atoms with van der Waals surface area (Å²) in [6, 6.07) is 2.07. The highest BCUT2D eigenvalue weighted by molar-refractivity contribution is 6.07. The summed E-state index contributed by atoms with van der Waals surface area (Å²) in [5.74, 6) is -0.977. The second-order valence-corrected chi connectivity index (χ2v) is 8.84. The van der Waals surface area contributed by atoms with Gasteiger partial charge >= 0.3 is 0 Å². The maximum Gasteiger partial charge on any atom is 0.251 e. The summed E-state index contributed by atoms with van der Waals surface area (Å²) in [7, 11) is 0. The van der Waals surface area contributed by atoms with Gasteiger partial charge in [-0.1, -0.05) is 0 Å². The lowest BCUT2D eigenvalue weighted by Crippen LogP contribution is -2.20. The van der Waals surface area contributed by atoms with Crippen LogP contribution in [0.3, 0.4) is 0 Å². The van der Waals surface area contributed by atoms with Gasteiger partial charge in [-0.2, -0.15) is 0 Å². The Hall–Kier alpha value is -2.26. The first kappa shape index (κ1) is 20.6. The van der Waals surface area contributed by atoms with Gasteiger partial charge < -0.3 is 30.0 Å². The number of epoxide rings is 4. The number of hydrogen-bond acceptors (Lipinski definition) is 6. The van der Waals surface area contributed by atoms with E-state index in [0.717, 1.165) is 69.4 Å². The van der Waals surface area contributed by atoms with E-state index in [2.05, 4.69) is 11.4 Å². The molecule has 0 aromatic heterocycles. The van der Waals surface area contributed by atoms with E-state index in [1.165, 1.54) is 16.7 Å². The Labute approximate surface area is 181 Å². The van der Waals surface area contributed by atoms with Crippen LogP contribution in [0, 0.1) is 0 Å². The molecule has 0 saturated carbocycles. The molecule has 4 saturated heterocycles. The zero-order valence-corrected chi connectivity index (χ0v) is 17.6. The molecule has 4 aliphatic rings. The largest absolute Gasteiger partial charge is 0.373 e. The van der Waals surface area contributed by atoms with E-state index >= 15 is 0 Å². The fourth-order valence-corrected chi connectivity index (χ4v) is 4.09. The summed E-state index contributed by atoms with van der Waals surface area (Å²) >= 11 is 0. The molecule has 31 heavy (non-hydrogen) atoms. The zero-order valence-electron chi connectivity index (χ0n) is 17.6. The van der Waals surface area contributed by atoms with Crippen LogP contribution in [0.1, 0.15) is 29.2 Å². The molecule has 1 aromatic rings. The molecule has 4 atom stereocenters. The molecular weight excluding hydrogens is 400 g/mol. The summed E-state index contributed by atoms with van der Waals surface area (Å²) in [6.07, 6.45) is 5.21. The molecule has 0 spiro atoms. The summed E-state index contributed by atoms with van der Waals surface area (Å²) in [5, 5.41) is 3.03. The highest BCUT2D eigenvalue weighted by atomic mass is 16.6. The van der Waals surface area contributed by atoms with Crippen LogP contribution in [0.5, 0.6) is 0 Å². The van der Waals surface area contributed by atoms with Crippen molar-refractivity contribution in [2.24, 2.45) is 5.73 Å². The minimum Gasteiger partial charge on any atom is -0.373 e. The topological polar surface area (TPSA) is 122 Å². The van der Waals surface area contributed by atoms with Crippen LogP contribution in [0.25, 0.3) is 0 Å². The van der Waals surface area contributed by atoms with Crippen molar-refractivity contribution >= 4 is 17.5 Å². The Morgan fingerprint density at radius 1 is 0.903 bits per heavy atom. The minimum absolute atomic E-state index is 0.166. The van der Waals surface area contributed by atoms with Crippen LogP contribution in [0.4, 0.5) is 5.69 Å². The van der Waals surface area contributed by atoms with Gasteiger partial charge in [-0.15, -0.1) is 0 Å². The molecule has 4 heterocycles. The monoisotopic (exact) mass is 428 g/mol. The van der Waals surface area contributed by atoms with Gasteiger partial charge in [-0.05, 0) is 35.2 Å². The Bertz CT molecular complexity index is 926. The van der Waals surface area contributed by atoms with E-state index < -0.39 is 5.91 Å². The molecule has 4 unspecified atom stereocenters. The summed E-state index contributed by atoms with van der Waals surface area (Å²) in [4.78, 5) is 24.0. The smallest absolute Gasteiger partial charge is 0.251 e. The number of rotatable bonds is 11. The van der Waals surface area contributed by atoms with Crippen molar-refractivity contribution in [2.45, 2.75) is 57.0 Å². The molecule has 8 heteroatoms. The number of amides is 2. The van der Waals surface area contributed by atoms with Crippen molar-refractivity contribution in [3.63, 3.8) is 0 Å². The minimum atomic E-state index is -0.642. The third kappa shape index (κ3) is 5.51. The lowest BCUT2D eigenvalue weighted by Gasteiger charge is -2.22. The Morgan fingerprint density at radius 3 is 1.90 bits per heavy atom. The van der Waals surface area contributed by atoms with Crippen molar-refractivity contribution in [2.75, 3.05) is 31.7 Å². The molecule has 4 aliphatic heterocycles. The highest BCUT2D eigenvalue weighted by Gasteiger charge is 2.35. The molecule has 0 aliphatic carbocycles. The van der Waals surface area contributed by atoms with E-state index in [0.29, 0.717) is 0 Å². The van der Waals surface area contributed by atoms with E-state index in [4.69, 9.17) is 24.7 Å². The Morgan fingerprint density at radius 2 is 1.39 bits per heavy atom. The number of anilines is 1. The maximum atomic E-state index is 12.8. The van der Waals surface area contributed by atoms with Gasteiger partial charge in [0.25, 0.3) is 5.91 Å². The first-order chi connectivity index (χ1) is 15.0. The zero-order chi connectivity index (χ0) is 21.5. The number of benzene rings is 1. The number of carbonyl (C=O) groups is 2. The maximum absolute atomic E-state index is 12.8. The van der Waals surface area contributed by atoms with Crippen LogP contribution in [0.2, 0.25) is 0 Å². The Balaban J connectivity index is 1.55. The van der Waals surface area contributed by atoms with Gasteiger partial charge in [0.2, 0.25) is 5.91 Å². The van der Waals surface area contributed by atoms with Gasteiger partial charge in [-0.3, -0.25) is 9.59 Å². The average Bonchev–Trinajstić information content (AvgIpc) is 3.51. The van der Waals surface area contributed by atoms with Gasteiger partial charge in [0.15, 0.2) is 0 Å². The molecule has 3 N–H and O–H groups in total. The predicted molar refractivity (Wildman–Crippen MR) is 112 cm³/mol. The van der Waals surface area contributed by atoms with Crippen molar-refractivity contribution in [1.29, 1.82) is 0 Å². The fourth-order valence-electron chi connectivity index (χ4n) is 4.09. The number of nitrogens with one attached hydrogen (secondary N) is 1. The molecule has 8 nitrogen and oxygen atoms in total. The molecule has 1 aromatic carbocycles. The molecule has 5 rings (SSSR count). The van der Waals surface area contributed by atoms with Crippen molar-refractivity contribution < 1.29 is 28.5 Å². The van der Waals surface area contributed by atoms with Gasteiger partial charge in [-0.25, -0.2) is 0 Å². The van der Waals surface area contributed by atoms with E-state index in [1.54, 1.807) is 6.92 Å². The molecule has 0 radical (unpaired) electrons. The van der Waals surface area contributed by atoms with Crippen molar-refractivity contribution in [3.05, 3.63) is 40.0 Å². The van der Waals surface area contributed by atoms with Crippen LogP contribution < -0.4 is 11.1 Å². The highest BCUT2D eigenvalue weighted by Crippen LogP contribution is 2.37. The van der Waals surface area contributed by atoms with Gasteiger partial charge in [0, 0.05) is 43.0 Å². The number of ether oxygens (including phenoxy) is 4. The third-order valence-corrected chi connectivity index (χ3v) is 6.08. The first-order valence-corrected chi connectivity index (χ1v) is 10.9. The van der Waals surface area contributed by atoms with Crippen LogP contribution in [-0.4, -0.2) is 62.7 Å². The summed E-state index contributed by atoms with van der Waals surface area (Å²) in [5.41, 5.74) is 11.1. The molecule has 4 fully saturated rings. The number of primary amides is 1. The lowest BCUT2D eigenvalue weighted by molar-refractivity contribution is -0.115. The third-order valence-electron chi connectivity index (χ3n) is 6.08. The standard InChI is InChI=1S/C23H28N2O6/c1-12(2-22(24)26)23(27)25-21-4-13(3-14-8-28-14)18(5-15-9-29-15)19(6-16-10-30-16)20(21)7-17-11-31-17/h2,4,14-17H,3,5-11H2,1H3,(H2,24,26)(H,25,27)/b12-2-. The fraction of sp³-hybridized carbons (Fsp3) is 0.565. The second kappa shape index (κ2) is 8.35. The van der Waals surface area contributed by atoms with Crippen molar-refractivity contribution in [3.8, 4) is 0 Å². The summed E-state index contributed by atoms with van der Waals surface area (Å²) < 4.78 is 22.1. The Kier molecular flexibility index (Phi) is 5.56. The first-order valence-electron chi connectivity index (χ1n) is 10.9. The second-order valence-electron chi connectivity index (χ2n) is 8.84. The molecule has 0 bridgehead atoms. The van der Waals surface area contributed by atoms with Crippen LogP contribution in [0.15, 0.2) is 17.7 Å². The number of carbonyl (C=O) groups excluding carboxylic acids is 2. The number of nitrogens with two attached hydrogens (primary N) is 1. The lowest BCUT2D eigenvalue weighted by atomic mass is 9.85. The molecule has 2 amide bonds. The molecule has 166 valence electrons. The SMILES string of the molecule is C/C(=C/C(N)=O)C(=O)Nc1cc(CC2CO2)c(CC2CO2)c(CC2CO2)c1CC1CO1. The average molecular weight is 428 g/mol. The quantitative estimate of drug-likeness (QED) is 0.397. The van der Waals surface area contributed by atoms with Crippen molar-refractivity contribution in [1.82, 2.24) is 0 Å². The van der Waals surface area contributed by atoms with E-state index in [1.807, 2.05) is 0 Å². The van der Waals surface area contributed by atoms with E-state index in [-0.39, 0.29) is 35.9 Å². The summed E-state index contributed by atoms with van der Waals surface area (Å²) in [6.45, 7) is 4.62. The number of hydrogen-bond donors (Lipinski definition) is 2. The van der Waals surface area contributed by atoms with Gasteiger partial charge in [0.1, 0.15) is 0 Å². The normalized spacial score (nSPS) is 28.2. The molecular formula is C23H28N2O6. The van der Waals surface area contributed by atoms with E-state index in [9.17, 15) is 9.59 Å². The van der Waals surface area contributed by atoms with Crippen LogP contribution in [-0.2, 0) is 54.2 Å². The predicted octanol–water partition coefficient (Wildman–Crippen LogP) is 0.822. The van der Waals surface area contributed by atoms with Gasteiger partial charge in [0.05, 0.1) is 50.8 Å².